The Morgan fingerprint density at radius 2 is 1.71 bits per heavy atom. The maximum atomic E-state index is 13.0. The molecule has 0 radical (unpaired) electrons. The van der Waals surface area contributed by atoms with E-state index in [2.05, 4.69) is 50.2 Å². The fourth-order valence-electron chi connectivity index (χ4n) is 5.15. The first-order valence-corrected chi connectivity index (χ1v) is 12.2. The van der Waals surface area contributed by atoms with Gasteiger partial charge in [-0.3, -0.25) is 19.7 Å². The predicted molar refractivity (Wildman–Crippen MR) is 134 cm³/mol. The van der Waals surface area contributed by atoms with Crippen LogP contribution in [0.15, 0.2) is 42.5 Å². The van der Waals surface area contributed by atoms with Gasteiger partial charge in [0.25, 0.3) is 5.91 Å². The van der Waals surface area contributed by atoms with Gasteiger partial charge in [-0.2, -0.15) is 0 Å². The number of carbonyl (C=O) groups is 3. The zero-order chi connectivity index (χ0) is 24.5. The van der Waals surface area contributed by atoms with E-state index >= 15 is 0 Å². The van der Waals surface area contributed by atoms with E-state index in [9.17, 15) is 14.4 Å². The normalized spacial score (nSPS) is 24.9. The summed E-state index contributed by atoms with van der Waals surface area (Å²) in [6, 6.07) is 13.2. The monoisotopic (exact) mass is 473 g/mol. The summed E-state index contributed by atoms with van der Waals surface area (Å²) >= 11 is 0. The van der Waals surface area contributed by atoms with Gasteiger partial charge in [0.2, 0.25) is 11.8 Å². The summed E-state index contributed by atoms with van der Waals surface area (Å²) in [5.74, 6) is 0.528. The first-order chi connectivity index (χ1) is 16.9. The average molecular weight is 473 g/mol. The van der Waals surface area contributed by atoms with E-state index in [1.165, 1.54) is 5.56 Å². The standard InChI is InChI=1S/C25H29B2N3O5/c26-21-13-34-14-22(27)30(21)10-15-4-6-16(7-5-15)12-35-20-3-1-2-17-18(20)11-29(25(17)33)19-8-9-23(31)28-24(19)32/h1-7,19,21-22H,8-14,26-27H2,(H,28,31,32). The maximum Gasteiger partial charge on any atom is 0.255 e. The van der Waals surface area contributed by atoms with Gasteiger partial charge in [-0.05, 0) is 29.7 Å². The number of hydrogen-bond donors (Lipinski definition) is 1. The molecule has 0 aromatic heterocycles. The SMILES string of the molecule is BC1COCC(B)N1Cc1ccc(COc2cccc3c2CN(C2CCC(=O)NC2=O)C3=O)cc1. The first kappa shape index (κ1) is 23.6. The van der Waals surface area contributed by atoms with Crippen molar-refractivity contribution in [3.05, 3.63) is 64.7 Å². The van der Waals surface area contributed by atoms with Crippen molar-refractivity contribution in [3.63, 3.8) is 0 Å². The number of benzene rings is 2. The highest BCUT2D eigenvalue weighted by atomic mass is 16.5. The molecule has 35 heavy (non-hydrogen) atoms. The Morgan fingerprint density at radius 1 is 1.00 bits per heavy atom. The lowest BCUT2D eigenvalue weighted by Gasteiger charge is -2.39. The van der Waals surface area contributed by atoms with Crippen LogP contribution in [0.3, 0.4) is 0 Å². The van der Waals surface area contributed by atoms with Crippen molar-refractivity contribution in [1.82, 2.24) is 15.1 Å². The van der Waals surface area contributed by atoms with E-state index < -0.39 is 11.9 Å². The molecule has 2 aromatic carbocycles. The summed E-state index contributed by atoms with van der Waals surface area (Å²) in [4.78, 5) is 40.8. The lowest BCUT2D eigenvalue weighted by molar-refractivity contribution is -0.136. The van der Waals surface area contributed by atoms with E-state index in [4.69, 9.17) is 9.47 Å². The fraction of sp³-hybridized carbons (Fsp3) is 0.400. The van der Waals surface area contributed by atoms with Gasteiger partial charge in [0.15, 0.2) is 0 Å². The predicted octanol–water partition coefficient (Wildman–Crippen LogP) is -0.223. The number of imide groups is 1. The number of rotatable bonds is 6. The molecule has 0 saturated carbocycles. The average Bonchev–Trinajstić information content (AvgIpc) is 3.18. The van der Waals surface area contributed by atoms with E-state index in [0.29, 0.717) is 42.8 Å². The molecule has 2 fully saturated rings. The van der Waals surface area contributed by atoms with Crippen LogP contribution in [0, 0.1) is 0 Å². The summed E-state index contributed by atoms with van der Waals surface area (Å²) in [7, 11) is 4.39. The summed E-state index contributed by atoms with van der Waals surface area (Å²) in [5.41, 5.74) is 3.63. The maximum absolute atomic E-state index is 13.0. The number of amides is 3. The van der Waals surface area contributed by atoms with Crippen LogP contribution in [0.1, 0.15) is 39.9 Å². The second-order valence-corrected chi connectivity index (χ2v) is 9.70. The number of carbonyl (C=O) groups excluding carboxylic acids is 3. The summed E-state index contributed by atoms with van der Waals surface area (Å²) in [5, 5.41) is 2.34. The number of nitrogens with zero attached hydrogens (tertiary/aromatic N) is 2. The second kappa shape index (κ2) is 9.87. The third-order valence-corrected chi connectivity index (χ3v) is 7.17. The minimum absolute atomic E-state index is 0.198. The molecule has 3 unspecified atom stereocenters. The molecule has 3 heterocycles. The van der Waals surface area contributed by atoms with Gasteiger partial charge in [0.1, 0.15) is 34.1 Å². The molecule has 8 nitrogen and oxygen atoms in total. The molecule has 2 aromatic rings. The minimum atomic E-state index is -0.634. The van der Waals surface area contributed by atoms with Gasteiger partial charge >= 0.3 is 0 Å². The molecule has 3 atom stereocenters. The lowest BCUT2D eigenvalue weighted by atomic mass is 9.85. The Hall–Kier alpha value is -3.10. The Kier molecular flexibility index (Phi) is 6.67. The molecule has 2 saturated heterocycles. The number of hydrogen-bond acceptors (Lipinski definition) is 6. The van der Waals surface area contributed by atoms with Crippen molar-refractivity contribution in [3.8, 4) is 5.75 Å². The van der Waals surface area contributed by atoms with Crippen molar-refractivity contribution in [2.75, 3.05) is 13.2 Å². The third-order valence-electron chi connectivity index (χ3n) is 7.17. The van der Waals surface area contributed by atoms with Crippen molar-refractivity contribution in [2.24, 2.45) is 0 Å². The molecule has 3 amide bonds. The Balaban J connectivity index is 1.23. The van der Waals surface area contributed by atoms with E-state index in [1.807, 2.05) is 6.07 Å². The molecule has 3 aliphatic rings. The largest absolute Gasteiger partial charge is 0.489 e. The van der Waals surface area contributed by atoms with Gasteiger partial charge in [0.05, 0.1) is 19.8 Å². The van der Waals surface area contributed by atoms with Crippen molar-refractivity contribution in [1.29, 1.82) is 0 Å². The van der Waals surface area contributed by atoms with Gasteiger partial charge in [0, 0.05) is 36.0 Å². The van der Waals surface area contributed by atoms with Crippen LogP contribution in [0.2, 0.25) is 0 Å². The van der Waals surface area contributed by atoms with Gasteiger partial charge in [-0.25, -0.2) is 0 Å². The van der Waals surface area contributed by atoms with Crippen LogP contribution >= 0.6 is 0 Å². The molecule has 5 rings (SSSR count). The van der Waals surface area contributed by atoms with Crippen LogP contribution in [-0.2, 0) is 34.0 Å². The van der Waals surface area contributed by atoms with Crippen molar-refractivity contribution < 1.29 is 23.9 Å². The highest BCUT2D eigenvalue weighted by Crippen LogP contribution is 2.34. The van der Waals surface area contributed by atoms with Crippen LogP contribution in [-0.4, -0.2) is 74.4 Å². The molecule has 3 aliphatic heterocycles. The van der Waals surface area contributed by atoms with Crippen LogP contribution in [0.25, 0.3) is 0 Å². The molecular formula is C25H29B2N3O5. The van der Waals surface area contributed by atoms with E-state index in [0.717, 1.165) is 30.9 Å². The fourth-order valence-corrected chi connectivity index (χ4v) is 5.15. The molecule has 10 heteroatoms. The zero-order valence-corrected chi connectivity index (χ0v) is 20.2. The smallest absolute Gasteiger partial charge is 0.255 e. The van der Waals surface area contributed by atoms with Crippen LogP contribution < -0.4 is 10.1 Å². The topological polar surface area (TPSA) is 88.2 Å². The lowest BCUT2D eigenvalue weighted by Crippen LogP contribution is -2.52. The highest BCUT2D eigenvalue weighted by molar-refractivity contribution is 6.15. The van der Waals surface area contributed by atoms with Crippen molar-refractivity contribution in [2.45, 2.75) is 50.5 Å². The Bertz CT molecular complexity index is 1130. The van der Waals surface area contributed by atoms with E-state index in [-0.39, 0.29) is 18.2 Å². The number of morpholine rings is 1. The number of fused-ring (bicyclic) bond motifs is 1. The quantitative estimate of drug-likeness (QED) is 0.461. The van der Waals surface area contributed by atoms with Crippen molar-refractivity contribution >= 4 is 33.4 Å². The first-order valence-electron chi connectivity index (χ1n) is 12.2. The Labute approximate surface area is 206 Å². The second-order valence-electron chi connectivity index (χ2n) is 9.70. The minimum Gasteiger partial charge on any atom is -0.489 e. The van der Waals surface area contributed by atoms with Gasteiger partial charge in [-0.1, -0.05) is 30.3 Å². The Morgan fingerprint density at radius 3 is 2.43 bits per heavy atom. The molecule has 0 spiro atoms. The zero-order valence-electron chi connectivity index (χ0n) is 20.2. The number of piperidine rings is 1. The molecule has 0 aliphatic carbocycles. The summed E-state index contributed by atoms with van der Waals surface area (Å²) in [6.45, 7) is 3.10. The van der Waals surface area contributed by atoms with E-state index in [1.54, 1.807) is 17.0 Å². The summed E-state index contributed by atoms with van der Waals surface area (Å²) in [6.07, 6.45) is 0.578. The van der Waals surface area contributed by atoms with Gasteiger partial charge < -0.3 is 19.3 Å². The van der Waals surface area contributed by atoms with Gasteiger partial charge in [-0.15, -0.1) is 0 Å². The third kappa shape index (κ3) is 4.86. The molecule has 0 bridgehead atoms. The molecule has 1 N–H and O–H groups in total. The summed E-state index contributed by atoms with van der Waals surface area (Å²) < 4.78 is 11.8. The molecule has 180 valence electrons. The highest BCUT2D eigenvalue weighted by Gasteiger charge is 2.40. The number of ether oxygens (including phenoxy) is 2. The number of nitrogens with one attached hydrogen (secondary N) is 1. The molecular weight excluding hydrogens is 444 g/mol. The van der Waals surface area contributed by atoms with Crippen LogP contribution in [0.4, 0.5) is 0 Å². The van der Waals surface area contributed by atoms with Crippen LogP contribution in [0.5, 0.6) is 5.75 Å².